The highest BCUT2D eigenvalue weighted by Crippen LogP contribution is 2.21. The molecule has 2 rings (SSSR count). The number of rotatable bonds is 5. The van der Waals surface area contributed by atoms with Gasteiger partial charge in [-0.25, -0.2) is 0 Å². The molecule has 3 heteroatoms. The van der Waals surface area contributed by atoms with Crippen LogP contribution in [0, 0.1) is 9.49 Å². The van der Waals surface area contributed by atoms with E-state index < -0.39 is 0 Å². The van der Waals surface area contributed by atoms with Crippen LogP contribution < -0.4 is 0 Å². The Labute approximate surface area is 132 Å². The Balaban J connectivity index is 2.05. The van der Waals surface area contributed by atoms with Crippen molar-refractivity contribution in [3.05, 3.63) is 68.3 Å². The van der Waals surface area contributed by atoms with Crippen LogP contribution in [0.2, 0.25) is 5.02 Å². The monoisotopic (exact) mass is 386 g/mol. The molecule has 0 amide bonds. The van der Waals surface area contributed by atoms with Gasteiger partial charge in [0.15, 0.2) is 0 Å². The average molecular weight is 387 g/mol. The third kappa shape index (κ3) is 4.48. The van der Waals surface area contributed by atoms with E-state index in [-0.39, 0.29) is 12.5 Å². The van der Waals surface area contributed by atoms with E-state index in [4.69, 9.17) is 11.6 Å². The fourth-order valence-electron chi connectivity index (χ4n) is 2.13. The smallest absolute Gasteiger partial charge is 0.0465 e. The highest BCUT2D eigenvalue weighted by atomic mass is 127. The van der Waals surface area contributed by atoms with Gasteiger partial charge in [-0.15, -0.1) is 0 Å². The molecule has 1 unspecified atom stereocenters. The van der Waals surface area contributed by atoms with Crippen molar-refractivity contribution >= 4 is 34.2 Å². The maximum atomic E-state index is 9.55. The number of aliphatic hydroxyl groups is 1. The first-order valence-electron chi connectivity index (χ1n) is 6.27. The lowest BCUT2D eigenvalue weighted by molar-refractivity contribution is 0.225. The van der Waals surface area contributed by atoms with Crippen LogP contribution in [0.4, 0.5) is 0 Å². The van der Waals surface area contributed by atoms with Gasteiger partial charge in [-0.3, -0.25) is 0 Å². The summed E-state index contributed by atoms with van der Waals surface area (Å²) >= 11 is 8.46. The van der Waals surface area contributed by atoms with Gasteiger partial charge < -0.3 is 5.11 Å². The second-order valence-corrected chi connectivity index (χ2v) is 6.33. The van der Waals surface area contributed by atoms with Gasteiger partial charge in [0.1, 0.15) is 0 Å². The summed E-state index contributed by atoms with van der Waals surface area (Å²) in [5.41, 5.74) is 2.36. The van der Waals surface area contributed by atoms with Crippen LogP contribution in [0.1, 0.15) is 11.1 Å². The molecule has 1 nitrogen and oxygen atoms in total. The first-order valence-corrected chi connectivity index (χ1v) is 7.73. The van der Waals surface area contributed by atoms with Crippen molar-refractivity contribution in [2.75, 3.05) is 6.61 Å². The Morgan fingerprint density at radius 2 is 1.68 bits per heavy atom. The minimum Gasteiger partial charge on any atom is -0.396 e. The van der Waals surface area contributed by atoms with Crippen LogP contribution in [0.25, 0.3) is 0 Å². The van der Waals surface area contributed by atoms with E-state index >= 15 is 0 Å². The summed E-state index contributed by atoms with van der Waals surface area (Å²) in [7, 11) is 0. The zero-order chi connectivity index (χ0) is 13.7. The van der Waals surface area contributed by atoms with Crippen molar-refractivity contribution in [3.8, 4) is 0 Å². The van der Waals surface area contributed by atoms with Crippen molar-refractivity contribution < 1.29 is 5.11 Å². The molecule has 0 saturated heterocycles. The largest absolute Gasteiger partial charge is 0.396 e. The molecule has 1 N–H and O–H groups in total. The molecule has 2 aromatic carbocycles. The minimum atomic E-state index is 0.178. The highest BCUT2D eigenvalue weighted by Gasteiger charge is 2.11. The predicted molar refractivity (Wildman–Crippen MR) is 88.6 cm³/mol. The zero-order valence-electron chi connectivity index (χ0n) is 10.5. The Bertz CT molecular complexity index is 525. The molecule has 0 saturated carbocycles. The third-order valence-corrected chi connectivity index (χ3v) is 4.25. The summed E-state index contributed by atoms with van der Waals surface area (Å²) in [5, 5.41) is 10.3. The molecule has 0 bridgehead atoms. The molecule has 0 aliphatic carbocycles. The van der Waals surface area contributed by atoms with Crippen molar-refractivity contribution in [1.82, 2.24) is 0 Å². The number of benzene rings is 2. The van der Waals surface area contributed by atoms with Crippen LogP contribution in [-0.4, -0.2) is 11.7 Å². The SMILES string of the molecule is OCC(Cc1ccc(I)cc1)Cc1ccccc1Cl. The van der Waals surface area contributed by atoms with E-state index in [9.17, 15) is 5.11 Å². The summed E-state index contributed by atoms with van der Waals surface area (Å²) in [6.45, 7) is 0.178. The highest BCUT2D eigenvalue weighted by molar-refractivity contribution is 14.1. The molecule has 2 aromatic rings. The summed E-state index contributed by atoms with van der Waals surface area (Å²) in [6.07, 6.45) is 1.68. The Kier molecular flexibility index (Phi) is 5.67. The first-order chi connectivity index (χ1) is 9.19. The topological polar surface area (TPSA) is 20.2 Å². The molecular weight excluding hydrogens is 371 g/mol. The van der Waals surface area contributed by atoms with Gasteiger partial charge in [0.25, 0.3) is 0 Å². The quantitative estimate of drug-likeness (QED) is 0.758. The maximum Gasteiger partial charge on any atom is 0.0465 e. The summed E-state index contributed by atoms with van der Waals surface area (Å²) < 4.78 is 1.23. The van der Waals surface area contributed by atoms with Gasteiger partial charge in [-0.2, -0.15) is 0 Å². The molecule has 0 spiro atoms. The molecular formula is C16H16ClIO. The van der Waals surface area contributed by atoms with Crippen LogP contribution in [0.5, 0.6) is 0 Å². The van der Waals surface area contributed by atoms with Gasteiger partial charge in [-0.1, -0.05) is 41.9 Å². The second kappa shape index (κ2) is 7.27. The Hall–Kier alpha value is -0.580. The molecule has 0 radical (unpaired) electrons. The van der Waals surface area contributed by atoms with E-state index in [0.717, 1.165) is 23.4 Å². The van der Waals surface area contributed by atoms with Gasteiger partial charge in [-0.05, 0) is 70.7 Å². The fraction of sp³-hybridized carbons (Fsp3) is 0.250. The summed E-state index contributed by atoms with van der Waals surface area (Å²) in [4.78, 5) is 0. The zero-order valence-corrected chi connectivity index (χ0v) is 13.4. The lowest BCUT2D eigenvalue weighted by Gasteiger charge is -2.15. The molecule has 0 fully saturated rings. The molecule has 0 aromatic heterocycles. The van der Waals surface area contributed by atoms with E-state index in [2.05, 4.69) is 46.9 Å². The van der Waals surface area contributed by atoms with E-state index in [1.54, 1.807) is 0 Å². The van der Waals surface area contributed by atoms with Gasteiger partial charge >= 0.3 is 0 Å². The molecule has 0 aliphatic rings. The van der Waals surface area contributed by atoms with Crippen molar-refractivity contribution in [3.63, 3.8) is 0 Å². The second-order valence-electron chi connectivity index (χ2n) is 4.67. The number of halogens is 2. The lowest BCUT2D eigenvalue weighted by Crippen LogP contribution is -2.13. The van der Waals surface area contributed by atoms with Crippen LogP contribution >= 0.6 is 34.2 Å². The molecule has 0 aliphatic heterocycles. The number of hydrogen-bond donors (Lipinski definition) is 1. The Morgan fingerprint density at radius 3 is 2.32 bits per heavy atom. The molecule has 19 heavy (non-hydrogen) atoms. The minimum absolute atomic E-state index is 0.178. The summed E-state index contributed by atoms with van der Waals surface area (Å²) in [6, 6.07) is 16.3. The van der Waals surface area contributed by atoms with Crippen LogP contribution in [-0.2, 0) is 12.8 Å². The normalized spacial score (nSPS) is 12.4. The lowest BCUT2D eigenvalue weighted by atomic mass is 9.93. The molecule has 100 valence electrons. The predicted octanol–water partition coefficient (Wildman–Crippen LogP) is 4.34. The number of aliphatic hydroxyl groups excluding tert-OH is 1. The maximum absolute atomic E-state index is 9.55. The van der Waals surface area contributed by atoms with E-state index in [1.807, 2.05) is 24.3 Å². The van der Waals surface area contributed by atoms with Gasteiger partial charge in [0.05, 0.1) is 0 Å². The third-order valence-electron chi connectivity index (χ3n) is 3.16. The Morgan fingerprint density at radius 1 is 1.00 bits per heavy atom. The number of hydrogen-bond acceptors (Lipinski definition) is 1. The van der Waals surface area contributed by atoms with E-state index in [1.165, 1.54) is 9.13 Å². The molecule has 0 heterocycles. The van der Waals surface area contributed by atoms with Gasteiger partial charge in [0, 0.05) is 15.2 Å². The van der Waals surface area contributed by atoms with Crippen molar-refractivity contribution in [2.45, 2.75) is 12.8 Å². The summed E-state index contributed by atoms with van der Waals surface area (Å²) in [5.74, 6) is 0.208. The first kappa shape index (κ1) is 14.8. The van der Waals surface area contributed by atoms with E-state index in [0.29, 0.717) is 0 Å². The van der Waals surface area contributed by atoms with Crippen LogP contribution in [0.15, 0.2) is 48.5 Å². The fourth-order valence-corrected chi connectivity index (χ4v) is 2.70. The van der Waals surface area contributed by atoms with Crippen molar-refractivity contribution in [2.24, 2.45) is 5.92 Å². The molecule has 1 atom stereocenters. The average Bonchev–Trinajstić information content (AvgIpc) is 2.43. The van der Waals surface area contributed by atoms with Crippen LogP contribution in [0.3, 0.4) is 0 Å². The van der Waals surface area contributed by atoms with Crippen molar-refractivity contribution in [1.29, 1.82) is 0 Å². The van der Waals surface area contributed by atoms with Gasteiger partial charge in [0.2, 0.25) is 0 Å². The standard InChI is InChI=1S/C16H16ClIO/c17-16-4-2-1-3-14(16)10-13(11-19)9-12-5-7-15(18)8-6-12/h1-8,13,19H,9-11H2.